The maximum Gasteiger partial charge on any atom is 0.194 e. The van der Waals surface area contributed by atoms with Gasteiger partial charge < -0.3 is 4.90 Å². The van der Waals surface area contributed by atoms with Gasteiger partial charge >= 0.3 is 0 Å². The smallest absolute Gasteiger partial charge is 0.194 e. The molecule has 3 aromatic rings. The van der Waals surface area contributed by atoms with Crippen molar-refractivity contribution >= 4 is 22.8 Å². The van der Waals surface area contributed by atoms with Crippen LogP contribution in [0.25, 0.3) is 22.3 Å². The Morgan fingerprint density at radius 2 is 1.24 bits per heavy atom. The van der Waals surface area contributed by atoms with Crippen LogP contribution in [0.4, 0.5) is 17.1 Å². The second kappa shape index (κ2) is 6.68. The molecule has 3 aliphatic carbocycles. The summed E-state index contributed by atoms with van der Waals surface area (Å²) in [6.45, 7) is 4.58. The zero-order valence-electron chi connectivity index (χ0n) is 19.2. The molecule has 4 aliphatic rings. The van der Waals surface area contributed by atoms with Gasteiger partial charge in [-0.2, -0.15) is 0 Å². The predicted molar refractivity (Wildman–Crippen MR) is 139 cm³/mol. The van der Waals surface area contributed by atoms with Gasteiger partial charge in [0.1, 0.15) is 0 Å². The molecule has 0 fully saturated rings. The number of carbonyl (C=O) groups excluding carboxylic acids is 1. The van der Waals surface area contributed by atoms with Crippen LogP contribution in [0.15, 0.2) is 103 Å². The summed E-state index contributed by atoms with van der Waals surface area (Å²) in [5.74, 6) is 0.118. The van der Waals surface area contributed by atoms with E-state index in [1.54, 1.807) is 0 Å². The minimum absolute atomic E-state index is 0.104. The maximum atomic E-state index is 13.7. The van der Waals surface area contributed by atoms with Gasteiger partial charge in [0, 0.05) is 22.2 Å². The molecule has 7 rings (SSSR count). The Labute approximate surface area is 199 Å². The lowest BCUT2D eigenvalue weighted by Gasteiger charge is -2.42. The highest BCUT2D eigenvalue weighted by Crippen LogP contribution is 2.53. The minimum Gasteiger partial charge on any atom is -0.310 e. The van der Waals surface area contributed by atoms with Crippen LogP contribution in [0.1, 0.15) is 40.9 Å². The molecule has 162 valence electrons. The number of hydrogen-bond acceptors (Lipinski definition) is 2. The molecule has 0 bridgehead atoms. The van der Waals surface area contributed by atoms with Crippen molar-refractivity contribution in [3.8, 4) is 22.3 Å². The van der Waals surface area contributed by atoms with Crippen molar-refractivity contribution in [1.82, 2.24) is 0 Å². The molecular weight excluding hydrogens is 414 g/mol. The number of hydrogen-bond donors (Lipinski definition) is 0. The Morgan fingerprint density at radius 3 is 1.97 bits per heavy atom. The Hall–Kier alpha value is -4.17. The van der Waals surface area contributed by atoms with Crippen LogP contribution >= 0.6 is 0 Å². The molecule has 2 nitrogen and oxygen atoms in total. The number of para-hydroxylation sites is 2. The van der Waals surface area contributed by atoms with Crippen LogP contribution in [-0.2, 0) is 5.41 Å². The van der Waals surface area contributed by atoms with E-state index in [-0.39, 0.29) is 11.2 Å². The lowest BCUT2D eigenvalue weighted by atomic mass is 9.73. The van der Waals surface area contributed by atoms with Gasteiger partial charge in [0.05, 0.1) is 11.4 Å². The van der Waals surface area contributed by atoms with E-state index in [0.29, 0.717) is 0 Å². The van der Waals surface area contributed by atoms with Gasteiger partial charge in [-0.3, -0.25) is 4.79 Å². The molecule has 0 atom stereocenters. The number of anilines is 3. The van der Waals surface area contributed by atoms with Crippen LogP contribution < -0.4 is 4.90 Å². The topological polar surface area (TPSA) is 20.3 Å². The van der Waals surface area contributed by atoms with Gasteiger partial charge in [0.2, 0.25) is 0 Å². The number of benzene rings is 3. The molecule has 0 saturated heterocycles. The van der Waals surface area contributed by atoms with E-state index in [1.165, 1.54) is 22.5 Å². The van der Waals surface area contributed by atoms with Crippen molar-refractivity contribution in [3.63, 3.8) is 0 Å². The summed E-state index contributed by atoms with van der Waals surface area (Å²) < 4.78 is 0. The average Bonchev–Trinajstić information content (AvgIpc) is 3.23. The molecule has 0 aromatic heterocycles. The zero-order chi connectivity index (χ0) is 23.0. The molecule has 0 saturated carbocycles. The average molecular weight is 438 g/mol. The Balaban J connectivity index is 1.44. The fourth-order valence-electron chi connectivity index (χ4n) is 5.92. The fraction of sp³-hybridized carbons (Fsp3) is 0.0938. The standard InChI is InChI=1S/C32H23NO/c1-32(2)26-12-6-8-14-28(26)33(29-15-9-7-13-27(29)32)21-16-17-23-24-18-20-10-4-3-5-11-22(20)30(24)31(34)25(23)19-21/h3-19H,1-2H3. The third kappa shape index (κ3) is 2.43. The van der Waals surface area contributed by atoms with E-state index in [1.807, 2.05) is 18.2 Å². The fourth-order valence-corrected chi connectivity index (χ4v) is 5.92. The summed E-state index contributed by atoms with van der Waals surface area (Å²) in [6, 6.07) is 35.9. The normalized spacial score (nSPS) is 15.0. The summed E-state index contributed by atoms with van der Waals surface area (Å²) in [5.41, 5.74) is 11.7. The molecule has 0 amide bonds. The van der Waals surface area contributed by atoms with Gasteiger partial charge in [-0.15, -0.1) is 0 Å². The predicted octanol–water partition coefficient (Wildman–Crippen LogP) is 8.11. The summed E-state index contributed by atoms with van der Waals surface area (Å²) >= 11 is 0. The van der Waals surface area contributed by atoms with Crippen LogP contribution in [-0.4, -0.2) is 5.78 Å². The van der Waals surface area contributed by atoms with Gasteiger partial charge in [-0.1, -0.05) is 86.6 Å². The van der Waals surface area contributed by atoms with Gasteiger partial charge in [-0.25, -0.2) is 0 Å². The Kier molecular flexibility index (Phi) is 3.79. The van der Waals surface area contributed by atoms with E-state index < -0.39 is 0 Å². The highest BCUT2D eigenvalue weighted by Gasteiger charge is 2.38. The molecule has 0 N–H and O–H groups in total. The molecule has 1 heterocycles. The first kappa shape index (κ1) is 19.3. The van der Waals surface area contributed by atoms with E-state index in [0.717, 1.165) is 39.1 Å². The van der Waals surface area contributed by atoms with Gasteiger partial charge in [0.15, 0.2) is 5.78 Å². The monoisotopic (exact) mass is 437 g/mol. The summed E-state index contributed by atoms with van der Waals surface area (Å²) in [7, 11) is 0. The van der Waals surface area contributed by atoms with Crippen molar-refractivity contribution in [2.24, 2.45) is 0 Å². The largest absolute Gasteiger partial charge is 0.310 e. The van der Waals surface area contributed by atoms with Crippen molar-refractivity contribution in [2.45, 2.75) is 19.3 Å². The number of nitrogens with zero attached hydrogens (tertiary/aromatic N) is 1. The van der Waals surface area contributed by atoms with E-state index in [9.17, 15) is 4.79 Å². The number of fused-ring (bicyclic) bond motifs is 7. The highest BCUT2D eigenvalue weighted by atomic mass is 16.1. The van der Waals surface area contributed by atoms with E-state index in [2.05, 4.69) is 104 Å². The van der Waals surface area contributed by atoms with Gasteiger partial charge in [-0.05, 0) is 63.7 Å². The van der Waals surface area contributed by atoms with Crippen LogP contribution in [0.3, 0.4) is 0 Å². The first-order valence-corrected chi connectivity index (χ1v) is 11.8. The molecular formula is C32H23NO. The Bertz CT molecular complexity index is 1560. The van der Waals surface area contributed by atoms with Crippen LogP contribution in [0.2, 0.25) is 0 Å². The van der Waals surface area contributed by atoms with Crippen LogP contribution in [0.5, 0.6) is 0 Å². The van der Waals surface area contributed by atoms with E-state index >= 15 is 0 Å². The first-order chi connectivity index (χ1) is 16.6. The molecule has 1 aliphatic heterocycles. The van der Waals surface area contributed by atoms with Crippen molar-refractivity contribution in [2.75, 3.05) is 4.90 Å². The van der Waals surface area contributed by atoms with Crippen LogP contribution in [0, 0.1) is 0 Å². The third-order valence-corrected chi connectivity index (χ3v) is 7.57. The minimum atomic E-state index is -0.104. The Morgan fingerprint density at radius 1 is 0.588 bits per heavy atom. The SMILES string of the molecule is CC1(C)c2ccccc2N(c2ccc3c(c2)C(=O)c2c4cccccc-4cc2-3)c2ccccc21. The molecule has 3 aromatic carbocycles. The highest BCUT2D eigenvalue weighted by molar-refractivity contribution is 6.26. The third-order valence-electron chi connectivity index (χ3n) is 7.57. The second-order valence-corrected chi connectivity index (χ2v) is 9.77. The van der Waals surface area contributed by atoms with Crippen molar-refractivity contribution in [1.29, 1.82) is 0 Å². The molecule has 0 unspecified atom stereocenters. The first-order valence-electron chi connectivity index (χ1n) is 11.8. The summed E-state index contributed by atoms with van der Waals surface area (Å²) in [5, 5.41) is 0. The number of rotatable bonds is 1. The number of ketones is 1. The molecule has 34 heavy (non-hydrogen) atoms. The zero-order valence-corrected chi connectivity index (χ0v) is 19.2. The molecule has 0 spiro atoms. The quantitative estimate of drug-likeness (QED) is 0.259. The lowest BCUT2D eigenvalue weighted by molar-refractivity contribution is 0.104. The number of carbonyl (C=O) groups is 1. The lowest BCUT2D eigenvalue weighted by Crippen LogP contribution is -2.30. The van der Waals surface area contributed by atoms with Crippen molar-refractivity contribution < 1.29 is 4.79 Å². The maximum absolute atomic E-state index is 13.7. The van der Waals surface area contributed by atoms with E-state index in [4.69, 9.17) is 0 Å². The molecule has 0 radical (unpaired) electrons. The second-order valence-electron chi connectivity index (χ2n) is 9.77. The van der Waals surface area contributed by atoms with Crippen molar-refractivity contribution in [3.05, 3.63) is 125 Å². The molecule has 2 heteroatoms. The summed E-state index contributed by atoms with van der Waals surface area (Å²) in [6.07, 6.45) is 0. The summed E-state index contributed by atoms with van der Waals surface area (Å²) in [4.78, 5) is 16.0. The van der Waals surface area contributed by atoms with Gasteiger partial charge in [0.25, 0.3) is 0 Å².